The molecule has 1 aliphatic rings. The molecule has 1 aliphatic heterocycles. The van der Waals surface area contributed by atoms with Crippen LogP contribution in [0.25, 0.3) is 0 Å². The van der Waals surface area contributed by atoms with E-state index in [0.29, 0.717) is 18.7 Å². The number of carbonyl (C=O) groups is 1. The highest BCUT2D eigenvalue weighted by atomic mass is 35.7. The number of ether oxygens (including phenoxy) is 1. The first-order chi connectivity index (χ1) is 10.8. The van der Waals surface area contributed by atoms with Crippen LogP contribution in [0.3, 0.4) is 0 Å². The van der Waals surface area contributed by atoms with Crippen molar-refractivity contribution in [1.82, 2.24) is 0 Å². The molecule has 0 aliphatic carbocycles. The van der Waals surface area contributed by atoms with Gasteiger partial charge in [-0.3, -0.25) is 0 Å². The Kier molecular flexibility index (Phi) is 5.26. The molecule has 0 spiro atoms. The van der Waals surface area contributed by atoms with Crippen LogP contribution in [0.4, 0.5) is 5.69 Å². The first-order valence-corrected chi connectivity index (χ1v) is 10.1. The predicted octanol–water partition coefficient (Wildman–Crippen LogP) is 3.57. The number of nitrogens with one attached hydrogen (secondary N) is 1. The molecule has 7 heteroatoms. The maximum Gasteiger partial charge on any atom is 0.338 e. The lowest BCUT2D eigenvalue weighted by atomic mass is 9.74. The van der Waals surface area contributed by atoms with Gasteiger partial charge in [-0.25, -0.2) is 13.2 Å². The first-order valence-electron chi connectivity index (χ1n) is 7.79. The minimum Gasteiger partial charge on any atom is -0.462 e. The maximum atomic E-state index is 12.0. The average Bonchev–Trinajstić information content (AvgIpc) is 2.52. The summed E-state index contributed by atoms with van der Waals surface area (Å²) in [4.78, 5) is 12.0. The number of hydrogen-bond donors (Lipinski definition) is 1. The second-order valence-corrected chi connectivity index (χ2v) is 8.44. The van der Waals surface area contributed by atoms with Gasteiger partial charge in [0.15, 0.2) is 0 Å². The lowest BCUT2D eigenvalue weighted by molar-refractivity contribution is 0.0526. The fraction of sp³-hybridized carbons (Fsp3) is 0.562. The van der Waals surface area contributed by atoms with E-state index in [0.717, 1.165) is 18.4 Å². The van der Waals surface area contributed by atoms with E-state index in [1.165, 1.54) is 6.07 Å². The molecule has 0 fully saturated rings. The van der Waals surface area contributed by atoms with Crippen LogP contribution in [0, 0.1) is 5.41 Å². The Morgan fingerprint density at radius 3 is 2.48 bits per heavy atom. The van der Waals surface area contributed by atoms with Crippen LogP contribution >= 0.6 is 10.7 Å². The molecule has 2 rings (SSSR count). The Morgan fingerprint density at radius 1 is 1.30 bits per heavy atom. The van der Waals surface area contributed by atoms with Crippen molar-refractivity contribution in [3.05, 3.63) is 23.3 Å². The molecule has 23 heavy (non-hydrogen) atoms. The van der Waals surface area contributed by atoms with Crippen molar-refractivity contribution < 1.29 is 17.9 Å². The van der Waals surface area contributed by atoms with Crippen molar-refractivity contribution in [2.24, 2.45) is 5.41 Å². The van der Waals surface area contributed by atoms with E-state index in [2.05, 4.69) is 19.2 Å². The summed E-state index contributed by atoms with van der Waals surface area (Å²) in [6.45, 7) is 6.85. The van der Waals surface area contributed by atoms with E-state index in [1.54, 1.807) is 13.0 Å². The molecular formula is C16H22ClNO4S. The summed E-state index contributed by atoms with van der Waals surface area (Å²) in [7, 11) is 1.60. The Labute approximate surface area is 141 Å². The van der Waals surface area contributed by atoms with Crippen LogP contribution in [-0.4, -0.2) is 27.5 Å². The number of esters is 1. The summed E-state index contributed by atoms with van der Waals surface area (Å²) >= 11 is 0. The molecule has 1 aromatic rings. The minimum absolute atomic E-state index is 0.0492. The predicted molar refractivity (Wildman–Crippen MR) is 90.6 cm³/mol. The summed E-state index contributed by atoms with van der Waals surface area (Å²) in [5.74, 6) is -0.541. The monoisotopic (exact) mass is 359 g/mol. The van der Waals surface area contributed by atoms with Crippen LogP contribution in [-0.2, 0) is 20.2 Å². The molecule has 1 heterocycles. The van der Waals surface area contributed by atoms with Gasteiger partial charge < -0.3 is 10.1 Å². The van der Waals surface area contributed by atoms with Gasteiger partial charge in [0, 0.05) is 17.2 Å². The Bertz CT molecular complexity index is 711. The molecule has 0 amide bonds. The lowest BCUT2D eigenvalue weighted by Gasteiger charge is -2.38. The van der Waals surface area contributed by atoms with Gasteiger partial charge in [-0.15, -0.1) is 0 Å². The van der Waals surface area contributed by atoms with Gasteiger partial charge in [0.2, 0.25) is 0 Å². The molecule has 1 N–H and O–H groups in total. The van der Waals surface area contributed by atoms with E-state index in [9.17, 15) is 13.2 Å². The number of halogens is 1. The number of rotatable bonds is 5. The summed E-state index contributed by atoms with van der Waals surface area (Å²) < 4.78 is 28.8. The number of hydrogen-bond acceptors (Lipinski definition) is 5. The molecule has 0 saturated carbocycles. The van der Waals surface area contributed by atoms with Crippen molar-refractivity contribution in [2.75, 3.05) is 18.5 Å². The third-order valence-corrected chi connectivity index (χ3v) is 6.01. The molecule has 5 nitrogen and oxygen atoms in total. The molecule has 0 aromatic heterocycles. The summed E-state index contributed by atoms with van der Waals surface area (Å²) in [6.07, 6.45) is 2.63. The molecule has 1 aromatic carbocycles. The molecule has 128 valence electrons. The largest absolute Gasteiger partial charge is 0.462 e. The Balaban J connectivity index is 2.59. The van der Waals surface area contributed by atoms with E-state index >= 15 is 0 Å². The van der Waals surface area contributed by atoms with Gasteiger partial charge in [0.05, 0.1) is 17.9 Å². The molecule has 0 unspecified atom stereocenters. The number of anilines is 1. The highest BCUT2D eigenvalue weighted by Crippen LogP contribution is 2.41. The maximum absolute atomic E-state index is 12.0. The zero-order valence-corrected chi connectivity index (χ0v) is 15.2. The smallest absolute Gasteiger partial charge is 0.338 e. The highest BCUT2D eigenvalue weighted by molar-refractivity contribution is 8.13. The fourth-order valence-corrected chi connectivity index (χ4v) is 4.11. The van der Waals surface area contributed by atoms with Crippen molar-refractivity contribution in [1.29, 1.82) is 0 Å². The van der Waals surface area contributed by atoms with Crippen molar-refractivity contribution in [3.8, 4) is 0 Å². The lowest BCUT2D eigenvalue weighted by Crippen LogP contribution is -2.36. The molecule has 0 saturated heterocycles. The normalized spacial score (nSPS) is 16.3. The van der Waals surface area contributed by atoms with Crippen LogP contribution in [0.2, 0.25) is 0 Å². The second kappa shape index (κ2) is 6.69. The van der Waals surface area contributed by atoms with E-state index in [-0.39, 0.29) is 22.5 Å². The summed E-state index contributed by atoms with van der Waals surface area (Å²) in [5, 5.41) is 3.21. The molecular weight excluding hydrogens is 338 g/mol. The van der Waals surface area contributed by atoms with Crippen molar-refractivity contribution in [3.63, 3.8) is 0 Å². The Morgan fingerprint density at radius 2 is 1.96 bits per heavy atom. The molecule has 0 radical (unpaired) electrons. The Hall–Kier alpha value is -1.27. The SMILES string of the molecule is CCOC(=O)c1cc2c(c(S(=O)(=O)Cl)c1)NCC(CC)(CC)C2. The third-order valence-electron chi connectivity index (χ3n) is 4.66. The van der Waals surface area contributed by atoms with Crippen LogP contribution in [0.1, 0.15) is 49.5 Å². The minimum atomic E-state index is -3.96. The van der Waals surface area contributed by atoms with Gasteiger partial charge in [-0.05, 0) is 49.3 Å². The number of carbonyl (C=O) groups excluding carboxylic acids is 1. The zero-order chi connectivity index (χ0) is 17.3. The number of benzene rings is 1. The van der Waals surface area contributed by atoms with Gasteiger partial charge in [0.1, 0.15) is 4.90 Å². The van der Waals surface area contributed by atoms with Gasteiger partial charge >= 0.3 is 5.97 Å². The number of fused-ring (bicyclic) bond motifs is 1. The van der Waals surface area contributed by atoms with Crippen LogP contribution < -0.4 is 5.32 Å². The summed E-state index contributed by atoms with van der Waals surface area (Å²) in [6, 6.07) is 3.00. The van der Waals surface area contributed by atoms with Gasteiger partial charge in [-0.1, -0.05) is 13.8 Å². The van der Waals surface area contributed by atoms with E-state index in [1.807, 2.05) is 0 Å². The molecule has 0 bridgehead atoms. The van der Waals surface area contributed by atoms with Crippen LogP contribution in [0.5, 0.6) is 0 Å². The average molecular weight is 360 g/mol. The topological polar surface area (TPSA) is 72.5 Å². The van der Waals surface area contributed by atoms with Crippen LogP contribution in [0.15, 0.2) is 17.0 Å². The fourth-order valence-electron chi connectivity index (χ4n) is 3.03. The molecule has 0 atom stereocenters. The summed E-state index contributed by atoms with van der Waals surface area (Å²) in [5.41, 5.74) is 1.57. The van der Waals surface area contributed by atoms with Gasteiger partial charge in [0.25, 0.3) is 9.05 Å². The standard InChI is InChI=1S/C16H22ClNO4S/c1-4-16(5-2)9-12-7-11(15(19)22-6-3)8-13(23(17,20)21)14(12)18-10-16/h7-8,18H,4-6,9-10H2,1-3H3. The first kappa shape index (κ1) is 18.1. The van der Waals surface area contributed by atoms with Gasteiger partial charge in [-0.2, -0.15) is 0 Å². The second-order valence-electron chi connectivity index (χ2n) is 5.90. The quantitative estimate of drug-likeness (QED) is 0.642. The zero-order valence-electron chi connectivity index (χ0n) is 13.6. The van der Waals surface area contributed by atoms with E-state index in [4.69, 9.17) is 15.4 Å². The third kappa shape index (κ3) is 3.63. The highest BCUT2D eigenvalue weighted by Gasteiger charge is 2.34. The van der Waals surface area contributed by atoms with Crippen molar-refractivity contribution >= 4 is 31.4 Å². The van der Waals surface area contributed by atoms with Crippen molar-refractivity contribution in [2.45, 2.75) is 44.9 Å². The van der Waals surface area contributed by atoms with E-state index < -0.39 is 15.0 Å².